The highest BCUT2D eigenvalue weighted by atomic mass is 32.2. The minimum absolute atomic E-state index is 0.00894. The van der Waals surface area contributed by atoms with E-state index < -0.39 is 9.84 Å². The number of sulfone groups is 1. The van der Waals surface area contributed by atoms with Crippen molar-refractivity contribution in [2.75, 3.05) is 18.2 Å². The van der Waals surface area contributed by atoms with Gasteiger partial charge < -0.3 is 10.1 Å². The number of hydrogen-bond donors (Lipinski definition) is 1. The third-order valence-electron chi connectivity index (χ3n) is 3.44. The topological polar surface area (TPSA) is 68.3 Å². The van der Waals surface area contributed by atoms with E-state index in [9.17, 15) is 8.42 Å². The minimum atomic E-state index is -3.32. The summed E-state index contributed by atoms with van der Waals surface area (Å²) in [6.45, 7) is 0.593. The Balaban J connectivity index is 1.96. The molecule has 0 bridgehead atoms. The molecule has 0 fully saturated rings. The summed E-state index contributed by atoms with van der Waals surface area (Å²) in [7, 11) is -3.32. The Kier molecular flexibility index (Phi) is 3.55. The zero-order valence-corrected chi connectivity index (χ0v) is 12.4. The van der Waals surface area contributed by atoms with Crippen LogP contribution in [0.4, 0.5) is 5.82 Å². The Hall–Kier alpha value is -2.08. The number of ether oxygens (including phenoxy) is 1. The van der Waals surface area contributed by atoms with E-state index in [2.05, 4.69) is 10.3 Å². The largest absolute Gasteiger partial charge is 0.493 e. The van der Waals surface area contributed by atoms with Gasteiger partial charge in [0.2, 0.25) is 0 Å². The maximum atomic E-state index is 11.8. The van der Waals surface area contributed by atoms with E-state index in [1.54, 1.807) is 18.3 Å². The molecule has 0 spiro atoms. The molecule has 1 aliphatic rings. The Labute approximate surface area is 123 Å². The van der Waals surface area contributed by atoms with Crippen LogP contribution in [0.3, 0.4) is 0 Å². The first-order valence-corrected chi connectivity index (χ1v) is 8.58. The summed E-state index contributed by atoms with van der Waals surface area (Å²) in [5, 5.41) is 3.24. The van der Waals surface area contributed by atoms with Crippen LogP contribution in [0.5, 0.6) is 5.75 Å². The van der Waals surface area contributed by atoms with E-state index in [1.165, 1.54) is 6.26 Å². The van der Waals surface area contributed by atoms with Crippen LogP contribution >= 0.6 is 0 Å². The Morgan fingerprint density at radius 2 is 2.05 bits per heavy atom. The SMILES string of the molecule is CS(=O)(=O)c1cccnc1NC1CCOc2ccccc21. The number of fused-ring (bicyclic) bond motifs is 1. The van der Waals surface area contributed by atoms with Crippen molar-refractivity contribution in [3.8, 4) is 5.75 Å². The highest BCUT2D eigenvalue weighted by molar-refractivity contribution is 7.90. The van der Waals surface area contributed by atoms with Gasteiger partial charge in [-0.1, -0.05) is 18.2 Å². The second kappa shape index (κ2) is 5.37. The van der Waals surface area contributed by atoms with Crippen LogP contribution in [0.2, 0.25) is 0 Å². The minimum Gasteiger partial charge on any atom is -0.493 e. The molecule has 3 rings (SSSR count). The van der Waals surface area contributed by atoms with Gasteiger partial charge in [-0.2, -0.15) is 0 Å². The molecule has 1 aromatic heterocycles. The second-order valence-corrected chi connectivity index (χ2v) is 6.98. The summed E-state index contributed by atoms with van der Waals surface area (Å²) < 4.78 is 29.3. The highest BCUT2D eigenvalue weighted by Gasteiger charge is 2.23. The lowest BCUT2D eigenvalue weighted by Gasteiger charge is -2.27. The number of para-hydroxylation sites is 1. The van der Waals surface area contributed by atoms with Crippen LogP contribution < -0.4 is 10.1 Å². The quantitative estimate of drug-likeness (QED) is 0.943. The van der Waals surface area contributed by atoms with E-state index >= 15 is 0 Å². The molecule has 0 saturated heterocycles. The number of aromatic nitrogens is 1. The summed E-state index contributed by atoms with van der Waals surface area (Å²) in [6, 6.07) is 10.9. The van der Waals surface area contributed by atoms with E-state index in [0.29, 0.717) is 12.4 Å². The molecular formula is C15H16N2O3S. The fourth-order valence-corrected chi connectivity index (χ4v) is 3.24. The van der Waals surface area contributed by atoms with E-state index in [4.69, 9.17) is 4.74 Å². The van der Waals surface area contributed by atoms with E-state index in [0.717, 1.165) is 17.7 Å². The van der Waals surface area contributed by atoms with Gasteiger partial charge in [-0.25, -0.2) is 13.4 Å². The van der Waals surface area contributed by atoms with Crippen molar-refractivity contribution in [2.45, 2.75) is 17.4 Å². The lowest BCUT2D eigenvalue weighted by molar-refractivity contribution is 0.274. The number of anilines is 1. The Morgan fingerprint density at radius 3 is 2.86 bits per heavy atom. The van der Waals surface area contributed by atoms with Crippen molar-refractivity contribution in [3.05, 3.63) is 48.2 Å². The molecule has 1 unspecified atom stereocenters. The summed E-state index contributed by atoms with van der Waals surface area (Å²) in [5.74, 6) is 1.22. The van der Waals surface area contributed by atoms with Crippen molar-refractivity contribution in [2.24, 2.45) is 0 Å². The number of rotatable bonds is 3. The number of pyridine rings is 1. The van der Waals surface area contributed by atoms with Gasteiger partial charge in [0.15, 0.2) is 9.84 Å². The van der Waals surface area contributed by atoms with Crippen LogP contribution in [0.25, 0.3) is 0 Å². The number of nitrogens with one attached hydrogen (secondary N) is 1. The monoisotopic (exact) mass is 304 g/mol. The summed E-state index contributed by atoms with van der Waals surface area (Å²) >= 11 is 0. The summed E-state index contributed by atoms with van der Waals surface area (Å²) in [6.07, 6.45) is 3.53. The molecule has 1 atom stereocenters. The summed E-state index contributed by atoms with van der Waals surface area (Å²) in [4.78, 5) is 4.40. The first-order chi connectivity index (χ1) is 10.1. The van der Waals surface area contributed by atoms with Crippen LogP contribution in [0.15, 0.2) is 47.5 Å². The molecule has 0 radical (unpaired) electrons. The predicted molar refractivity (Wildman–Crippen MR) is 80.3 cm³/mol. The second-order valence-electron chi connectivity index (χ2n) is 4.99. The van der Waals surface area contributed by atoms with Gasteiger partial charge in [0.25, 0.3) is 0 Å². The van der Waals surface area contributed by atoms with E-state index in [1.807, 2.05) is 24.3 Å². The molecule has 0 aliphatic carbocycles. The van der Waals surface area contributed by atoms with Gasteiger partial charge in [-0.05, 0) is 18.2 Å². The van der Waals surface area contributed by atoms with Crippen molar-refractivity contribution in [1.29, 1.82) is 0 Å². The first-order valence-electron chi connectivity index (χ1n) is 6.69. The lowest BCUT2D eigenvalue weighted by Crippen LogP contribution is -2.21. The van der Waals surface area contributed by atoms with Gasteiger partial charge >= 0.3 is 0 Å². The molecule has 1 aromatic carbocycles. The maximum Gasteiger partial charge on any atom is 0.179 e. The molecule has 2 heterocycles. The molecule has 2 aromatic rings. The van der Waals surface area contributed by atoms with Crippen molar-refractivity contribution < 1.29 is 13.2 Å². The molecular weight excluding hydrogens is 288 g/mol. The molecule has 5 nitrogen and oxygen atoms in total. The molecule has 0 amide bonds. The predicted octanol–water partition coefficient (Wildman–Crippen LogP) is 2.42. The van der Waals surface area contributed by atoms with Crippen molar-refractivity contribution >= 4 is 15.7 Å². The highest BCUT2D eigenvalue weighted by Crippen LogP contribution is 2.34. The molecule has 110 valence electrons. The van der Waals surface area contributed by atoms with Gasteiger partial charge in [-0.15, -0.1) is 0 Å². The van der Waals surface area contributed by atoms with Gasteiger partial charge in [-0.3, -0.25) is 0 Å². The molecule has 1 aliphatic heterocycles. The number of benzene rings is 1. The Bertz CT molecular complexity index is 759. The average Bonchev–Trinajstić information content (AvgIpc) is 2.47. The molecule has 6 heteroatoms. The fraction of sp³-hybridized carbons (Fsp3) is 0.267. The van der Waals surface area contributed by atoms with Crippen LogP contribution in [0, 0.1) is 0 Å². The fourth-order valence-electron chi connectivity index (χ4n) is 2.46. The van der Waals surface area contributed by atoms with Crippen LogP contribution in [-0.2, 0) is 9.84 Å². The molecule has 0 saturated carbocycles. The number of nitrogens with zero attached hydrogens (tertiary/aromatic N) is 1. The zero-order chi connectivity index (χ0) is 14.9. The van der Waals surface area contributed by atoms with Gasteiger partial charge in [0.1, 0.15) is 16.5 Å². The smallest absolute Gasteiger partial charge is 0.179 e. The third kappa shape index (κ3) is 2.85. The van der Waals surface area contributed by atoms with Gasteiger partial charge in [0.05, 0.1) is 12.6 Å². The average molecular weight is 304 g/mol. The molecule has 21 heavy (non-hydrogen) atoms. The zero-order valence-electron chi connectivity index (χ0n) is 11.6. The Morgan fingerprint density at radius 1 is 1.24 bits per heavy atom. The van der Waals surface area contributed by atoms with Gasteiger partial charge in [0, 0.05) is 24.4 Å². The summed E-state index contributed by atoms with van der Waals surface area (Å²) in [5.41, 5.74) is 1.02. The third-order valence-corrected chi connectivity index (χ3v) is 4.57. The standard InChI is InChI=1S/C15H16N2O3S/c1-21(18,19)14-7-4-9-16-15(14)17-12-8-10-20-13-6-3-2-5-11(12)13/h2-7,9,12H,8,10H2,1H3,(H,16,17). The molecule has 1 N–H and O–H groups in total. The normalized spacial score (nSPS) is 17.7. The van der Waals surface area contributed by atoms with Crippen molar-refractivity contribution in [1.82, 2.24) is 4.98 Å². The lowest BCUT2D eigenvalue weighted by atomic mass is 10.0. The van der Waals surface area contributed by atoms with Crippen LogP contribution in [0.1, 0.15) is 18.0 Å². The van der Waals surface area contributed by atoms with Crippen molar-refractivity contribution in [3.63, 3.8) is 0 Å². The maximum absolute atomic E-state index is 11.8. The number of hydrogen-bond acceptors (Lipinski definition) is 5. The van der Waals surface area contributed by atoms with E-state index in [-0.39, 0.29) is 10.9 Å². The first kappa shape index (κ1) is 13.9. The van der Waals surface area contributed by atoms with Crippen LogP contribution in [-0.4, -0.2) is 26.3 Å².